The molecule has 0 radical (unpaired) electrons. The van der Waals surface area contributed by atoms with E-state index in [2.05, 4.69) is 15.2 Å². The largest absolute Gasteiger partial charge is 0.221 e. The lowest BCUT2D eigenvalue weighted by Gasteiger charge is -2.02. The molecule has 0 unspecified atom stereocenters. The minimum absolute atomic E-state index is 0.511. The van der Waals surface area contributed by atoms with Gasteiger partial charge in [-0.05, 0) is 12.1 Å². The molecule has 0 aromatic carbocycles. The first kappa shape index (κ1) is 8.61. The number of hydrogen-bond donors (Lipinski definition) is 0. The highest BCUT2D eigenvalue weighted by Gasteiger charge is 2.05. The van der Waals surface area contributed by atoms with E-state index in [1.54, 1.807) is 15.4 Å². The molecule has 0 fully saturated rings. The van der Waals surface area contributed by atoms with Crippen molar-refractivity contribution in [2.45, 2.75) is 0 Å². The van der Waals surface area contributed by atoms with Crippen molar-refractivity contribution in [2.24, 2.45) is 0 Å². The van der Waals surface area contributed by atoms with Crippen LogP contribution in [0.2, 0.25) is 0 Å². The second-order valence-electron chi connectivity index (χ2n) is 3.20. The highest BCUT2D eigenvalue weighted by Crippen LogP contribution is 2.09. The third-order valence-corrected chi connectivity index (χ3v) is 2.23. The normalized spacial score (nSPS) is 10.4. The third kappa shape index (κ3) is 1.15. The summed E-state index contributed by atoms with van der Waals surface area (Å²) in [7, 11) is 0. The highest BCUT2D eigenvalue weighted by atomic mass is 15.4. The fraction of sp³-hybridized carbons (Fsp3) is 0. The zero-order valence-corrected chi connectivity index (χ0v) is 8.15. The Hall–Kier alpha value is -2.68. The number of nitriles is 1. The Bertz CT molecular complexity index is 686. The van der Waals surface area contributed by atoms with Gasteiger partial charge in [-0.2, -0.15) is 20.0 Å². The molecule has 0 atom stereocenters. The molecule has 3 aromatic rings. The summed E-state index contributed by atoms with van der Waals surface area (Å²) in [5, 5.41) is 16.9. The fourth-order valence-electron chi connectivity index (χ4n) is 1.51. The summed E-state index contributed by atoms with van der Waals surface area (Å²) in [5.74, 6) is 0.747. The minimum Gasteiger partial charge on any atom is -0.221 e. The molecule has 3 heterocycles. The average Bonchev–Trinajstić information content (AvgIpc) is 2.97. The second-order valence-corrected chi connectivity index (χ2v) is 3.20. The fourth-order valence-corrected chi connectivity index (χ4v) is 1.51. The monoisotopic (exact) mass is 210 g/mol. The first-order valence-electron chi connectivity index (χ1n) is 4.62. The van der Waals surface area contributed by atoms with Gasteiger partial charge in [0.05, 0.1) is 18.0 Å². The molecule has 3 rings (SSSR count). The zero-order chi connectivity index (χ0) is 11.0. The standard InChI is InChI=1S/C10H6N6/c11-4-8-5-13-15(6-8)10-3-1-2-9-12-7-14-16(9)10/h1-3,5-7H. The van der Waals surface area contributed by atoms with Crippen LogP contribution in [0.3, 0.4) is 0 Å². The maximum absolute atomic E-state index is 8.73. The molecule has 0 aliphatic rings. The summed E-state index contributed by atoms with van der Waals surface area (Å²) in [6.45, 7) is 0. The number of hydrogen-bond acceptors (Lipinski definition) is 4. The van der Waals surface area contributed by atoms with E-state index in [9.17, 15) is 0 Å². The molecule has 6 heteroatoms. The van der Waals surface area contributed by atoms with Crippen LogP contribution in [-0.2, 0) is 0 Å². The highest BCUT2D eigenvalue weighted by molar-refractivity contribution is 5.42. The first-order chi connectivity index (χ1) is 7.88. The van der Waals surface area contributed by atoms with Crippen molar-refractivity contribution in [3.63, 3.8) is 0 Å². The smallest absolute Gasteiger partial charge is 0.157 e. The van der Waals surface area contributed by atoms with Gasteiger partial charge >= 0.3 is 0 Å². The van der Waals surface area contributed by atoms with E-state index in [1.165, 1.54) is 12.5 Å². The molecule has 76 valence electrons. The van der Waals surface area contributed by atoms with Gasteiger partial charge in [0.15, 0.2) is 11.5 Å². The summed E-state index contributed by atoms with van der Waals surface area (Å²) in [4.78, 5) is 4.08. The quantitative estimate of drug-likeness (QED) is 0.595. The average molecular weight is 210 g/mol. The molecule has 6 nitrogen and oxygen atoms in total. The van der Waals surface area contributed by atoms with E-state index in [1.807, 2.05) is 24.3 Å². The minimum atomic E-state index is 0.511. The molecule has 0 aliphatic heterocycles. The van der Waals surface area contributed by atoms with E-state index in [-0.39, 0.29) is 0 Å². The van der Waals surface area contributed by atoms with Crippen LogP contribution in [0.1, 0.15) is 5.56 Å². The van der Waals surface area contributed by atoms with Gasteiger partial charge in [-0.1, -0.05) is 6.07 Å². The lowest BCUT2D eigenvalue weighted by Crippen LogP contribution is -2.03. The van der Waals surface area contributed by atoms with E-state index in [0.29, 0.717) is 5.56 Å². The number of fused-ring (bicyclic) bond motifs is 1. The Morgan fingerprint density at radius 3 is 3.00 bits per heavy atom. The summed E-state index contributed by atoms with van der Waals surface area (Å²) in [5.41, 5.74) is 1.25. The van der Waals surface area contributed by atoms with Crippen molar-refractivity contribution < 1.29 is 0 Å². The topological polar surface area (TPSA) is 71.8 Å². The van der Waals surface area contributed by atoms with E-state index in [0.717, 1.165) is 11.5 Å². The molecule has 0 N–H and O–H groups in total. The predicted molar refractivity (Wildman–Crippen MR) is 54.8 cm³/mol. The van der Waals surface area contributed by atoms with Crippen LogP contribution >= 0.6 is 0 Å². The van der Waals surface area contributed by atoms with Gasteiger partial charge < -0.3 is 0 Å². The molecule has 16 heavy (non-hydrogen) atoms. The molecule has 3 aromatic heterocycles. The Kier molecular flexibility index (Phi) is 1.71. The number of rotatable bonds is 1. The number of pyridine rings is 1. The van der Waals surface area contributed by atoms with Crippen molar-refractivity contribution >= 4 is 5.65 Å². The number of aromatic nitrogens is 5. The van der Waals surface area contributed by atoms with Crippen LogP contribution < -0.4 is 0 Å². The van der Waals surface area contributed by atoms with Crippen molar-refractivity contribution in [2.75, 3.05) is 0 Å². The summed E-state index contributed by atoms with van der Waals surface area (Å²) in [6.07, 6.45) is 4.64. The summed E-state index contributed by atoms with van der Waals surface area (Å²) < 4.78 is 3.26. The molecule has 0 spiro atoms. The maximum atomic E-state index is 8.73. The van der Waals surface area contributed by atoms with Crippen molar-refractivity contribution in [3.8, 4) is 11.9 Å². The van der Waals surface area contributed by atoms with E-state index >= 15 is 0 Å². The van der Waals surface area contributed by atoms with Crippen LogP contribution in [0, 0.1) is 11.3 Å². The van der Waals surface area contributed by atoms with Crippen molar-refractivity contribution in [1.82, 2.24) is 24.4 Å². The van der Waals surface area contributed by atoms with Gasteiger partial charge in [0, 0.05) is 0 Å². The van der Waals surface area contributed by atoms with Gasteiger partial charge in [-0.3, -0.25) is 0 Å². The van der Waals surface area contributed by atoms with Gasteiger partial charge in [0.25, 0.3) is 0 Å². The van der Waals surface area contributed by atoms with Crippen LogP contribution in [0.25, 0.3) is 11.5 Å². The Morgan fingerprint density at radius 1 is 1.25 bits per heavy atom. The van der Waals surface area contributed by atoms with Crippen LogP contribution in [0.4, 0.5) is 0 Å². The van der Waals surface area contributed by atoms with E-state index in [4.69, 9.17) is 5.26 Å². The lowest BCUT2D eigenvalue weighted by molar-refractivity contribution is 0.789. The lowest BCUT2D eigenvalue weighted by atomic mass is 10.4. The predicted octanol–water partition coefficient (Wildman–Crippen LogP) is 0.787. The van der Waals surface area contributed by atoms with Crippen LogP contribution in [0.5, 0.6) is 0 Å². The summed E-state index contributed by atoms with van der Waals surface area (Å²) in [6, 6.07) is 7.61. The number of nitrogens with zero attached hydrogens (tertiary/aromatic N) is 6. The van der Waals surface area contributed by atoms with Gasteiger partial charge in [0.1, 0.15) is 12.4 Å². The SMILES string of the molecule is N#Cc1cnn(-c2cccc3ncnn23)c1. The zero-order valence-electron chi connectivity index (χ0n) is 8.15. The molecule has 0 aliphatic carbocycles. The molecular formula is C10H6N6. The maximum Gasteiger partial charge on any atom is 0.157 e. The van der Waals surface area contributed by atoms with Crippen molar-refractivity contribution in [3.05, 3.63) is 42.5 Å². The molecule has 0 saturated carbocycles. The van der Waals surface area contributed by atoms with Crippen LogP contribution in [-0.4, -0.2) is 24.4 Å². The van der Waals surface area contributed by atoms with Gasteiger partial charge in [0.2, 0.25) is 0 Å². The van der Waals surface area contributed by atoms with Gasteiger partial charge in [-0.15, -0.1) is 0 Å². The summed E-state index contributed by atoms with van der Waals surface area (Å²) >= 11 is 0. The van der Waals surface area contributed by atoms with E-state index < -0.39 is 0 Å². The third-order valence-electron chi connectivity index (χ3n) is 2.23. The first-order valence-corrected chi connectivity index (χ1v) is 4.62. The van der Waals surface area contributed by atoms with Gasteiger partial charge in [-0.25, -0.2) is 9.67 Å². The molecule has 0 bridgehead atoms. The van der Waals surface area contributed by atoms with Crippen LogP contribution in [0.15, 0.2) is 36.9 Å². The Morgan fingerprint density at radius 2 is 2.19 bits per heavy atom. The second kappa shape index (κ2) is 3.17. The molecule has 0 amide bonds. The molecular weight excluding hydrogens is 204 g/mol. The van der Waals surface area contributed by atoms with Crippen molar-refractivity contribution in [1.29, 1.82) is 5.26 Å². The Labute approximate surface area is 90.4 Å². The molecule has 0 saturated heterocycles. The Balaban J connectivity index is 2.26.